The normalized spacial score (nSPS) is 22.2. The number of ether oxygens (including phenoxy) is 1. The number of nitrogens with two attached hydrogens (primary N) is 1. The molecule has 0 radical (unpaired) electrons. The molecule has 1 aliphatic heterocycles. The molecule has 0 aromatic heterocycles. The van der Waals surface area contributed by atoms with Gasteiger partial charge in [0.2, 0.25) is 10.0 Å². The van der Waals surface area contributed by atoms with Crippen LogP contribution in [0.1, 0.15) is 24.2 Å². The number of halogens is 1. The van der Waals surface area contributed by atoms with Crippen molar-refractivity contribution in [1.29, 1.82) is 0 Å². The van der Waals surface area contributed by atoms with Gasteiger partial charge in [-0.3, -0.25) is 4.79 Å². The average molecular weight is 364 g/mol. The van der Waals surface area contributed by atoms with Crippen molar-refractivity contribution >= 4 is 28.3 Å². The van der Waals surface area contributed by atoms with Crippen molar-refractivity contribution in [1.82, 2.24) is 9.62 Å². The molecule has 1 fully saturated rings. The summed E-state index contributed by atoms with van der Waals surface area (Å²) < 4.78 is 32.0. The molecule has 3 N–H and O–H groups in total. The van der Waals surface area contributed by atoms with Crippen LogP contribution in [0.4, 0.5) is 0 Å². The quantitative estimate of drug-likeness (QED) is 0.815. The fourth-order valence-corrected chi connectivity index (χ4v) is 4.31. The van der Waals surface area contributed by atoms with E-state index in [0.29, 0.717) is 13.1 Å². The highest BCUT2D eigenvalue weighted by atomic mass is 35.5. The van der Waals surface area contributed by atoms with Crippen LogP contribution in [0.5, 0.6) is 5.75 Å². The molecule has 23 heavy (non-hydrogen) atoms. The zero-order chi connectivity index (χ0) is 16.5. The number of benzene rings is 1. The average Bonchev–Trinajstić information content (AvgIpc) is 2.45. The molecule has 1 aromatic carbocycles. The maximum atomic E-state index is 12.8. The van der Waals surface area contributed by atoms with Crippen molar-refractivity contribution < 1.29 is 17.9 Å². The molecular formula is C14H22ClN3O4S. The molecule has 1 aromatic rings. The van der Waals surface area contributed by atoms with Gasteiger partial charge < -0.3 is 15.8 Å². The second kappa shape index (κ2) is 7.48. The van der Waals surface area contributed by atoms with Gasteiger partial charge in [-0.25, -0.2) is 8.42 Å². The molecule has 1 heterocycles. The molecule has 1 amide bonds. The summed E-state index contributed by atoms with van der Waals surface area (Å²) in [6.07, 6.45) is 0. The number of nitrogens with zero attached hydrogens (tertiary/aromatic N) is 1. The first-order chi connectivity index (χ1) is 10.3. The van der Waals surface area contributed by atoms with Crippen LogP contribution in [0.3, 0.4) is 0 Å². The van der Waals surface area contributed by atoms with Crippen molar-refractivity contribution in [2.45, 2.75) is 30.8 Å². The lowest BCUT2D eigenvalue weighted by Crippen LogP contribution is -2.55. The van der Waals surface area contributed by atoms with E-state index in [1.807, 2.05) is 13.8 Å². The zero-order valence-corrected chi connectivity index (χ0v) is 14.9. The van der Waals surface area contributed by atoms with Gasteiger partial charge >= 0.3 is 0 Å². The monoisotopic (exact) mass is 363 g/mol. The molecule has 7 nitrogen and oxygen atoms in total. The maximum absolute atomic E-state index is 12.8. The second-order valence-electron chi connectivity index (χ2n) is 5.52. The van der Waals surface area contributed by atoms with Crippen LogP contribution < -0.4 is 15.8 Å². The van der Waals surface area contributed by atoms with Gasteiger partial charge in [0.1, 0.15) is 5.75 Å². The Labute approximate surface area is 142 Å². The van der Waals surface area contributed by atoms with E-state index in [1.165, 1.54) is 29.6 Å². The third-order valence-corrected chi connectivity index (χ3v) is 5.43. The molecule has 2 rings (SSSR count). The van der Waals surface area contributed by atoms with Gasteiger partial charge in [-0.2, -0.15) is 4.31 Å². The van der Waals surface area contributed by atoms with Crippen LogP contribution >= 0.6 is 12.4 Å². The minimum Gasteiger partial charge on any atom is -0.496 e. The van der Waals surface area contributed by atoms with Crippen LogP contribution in [0.15, 0.2) is 23.1 Å². The van der Waals surface area contributed by atoms with Crippen molar-refractivity contribution in [3.63, 3.8) is 0 Å². The minimum absolute atomic E-state index is 0. The predicted molar refractivity (Wildman–Crippen MR) is 89.6 cm³/mol. The number of amides is 1. The molecular weight excluding hydrogens is 342 g/mol. The number of piperazine rings is 1. The van der Waals surface area contributed by atoms with Crippen LogP contribution in [0.2, 0.25) is 0 Å². The van der Waals surface area contributed by atoms with E-state index in [-0.39, 0.29) is 40.7 Å². The summed E-state index contributed by atoms with van der Waals surface area (Å²) >= 11 is 0. The highest BCUT2D eigenvalue weighted by molar-refractivity contribution is 7.89. The third-order valence-electron chi connectivity index (χ3n) is 3.60. The summed E-state index contributed by atoms with van der Waals surface area (Å²) in [4.78, 5) is 11.5. The summed E-state index contributed by atoms with van der Waals surface area (Å²) in [6.45, 7) is 4.62. The second-order valence-corrected chi connectivity index (χ2v) is 7.46. The van der Waals surface area contributed by atoms with Crippen LogP contribution in [-0.2, 0) is 10.0 Å². The number of rotatable bonds is 4. The highest BCUT2D eigenvalue weighted by Crippen LogP contribution is 2.25. The van der Waals surface area contributed by atoms with Crippen LogP contribution in [0, 0.1) is 0 Å². The van der Waals surface area contributed by atoms with E-state index in [1.54, 1.807) is 0 Å². The van der Waals surface area contributed by atoms with Crippen molar-refractivity contribution in [3.8, 4) is 5.75 Å². The number of methoxy groups -OCH3 is 1. The van der Waals surface area contributed by atoms with Crippen molar-refractivity contribution in [2.24, 2.45) is 5.73 Å². The Morgan fingerprint density at radius 2 is 1.87 bits per heavy atom. The maximum Gasteiger partial charge on any atom is 0.252 e. The van der Waals surface area contributed by atoms with E-state index in [2.05, 4.69) is 5.32 Å². The first-order valence-corrected chi connectivity index (χ1v) is 8.43. The van der Waals surface area contributed by atoms with E-state index in [9.17, 15) is 13.2 Å². The van der Waals surface area contributed by atoms with Gasteiger partial charge in [-0.15, -0.1) is 12.4 Å². The highest BCUT2D eigenvalue weighted by Gasteiger charge is 2.32. The summed E-state index contributed by atoms with van der Waals surface area (Å²) in [5.41, 5.74) is 5.34. The minimum atomic E-state index is -3.68. The molecule has 9 heteroatoms. The SMILES string of the molecule is COc1ccc(S(=O)(=O)N2CC(C)NC(C)C2)cc1C(N)=O.Cl. The third kappa shape index (κ3) is 4.14. The fraction of sp³-hybridized carbons (Fsp3) is 0.500. The number of hydrogen-bond donors (Lipinski definition) is 2. The van der Waals surface area contributed by atoms with E-state index in [4.69, 9.17) is 10.5 Å². The number of nitrogens with one attached hydrogen (secondary N) is 1. The van der Waals surface area contributed by atoms with Gasteiger partial charge in [0.05, 0.1) is 17.6 Å². The number of primary amides is 1. The molecule has 1 aliphatic rings. The number of sulfonamides is 1. The number of hydrogen-bond acceptors (Lipinski definition) is 5. The lowest BCUT2D eigenvalue weighted by Gasteiger charge is -2.35. The Kier molecular flexibility index (Phi) is 6.41. The molecule has 2 atom stereocenters. The summed E-state index contributed by atoms with van der Waals surface area (Å²) in [5, 5.41) is 3.28. The first-order valence-electron chi connectivity index (χ1n) is 6.99. The van der Waals surface area contributed by atoms with Gasteiger partial charge in [-0.1, -0.05) is 0 Å². The first kappa shape index (κ1) is 19.7. The molecule has 1 saturated heterocycles. The lowest BCUT2D eigenvalue weighted by molar-refractivity contribution is 0.0997. The number of carbonyl (C=O) groups excluding carboxylic acids is 1. The summed E-state index contributed by atoms with van der Waals surface area (Å²) in [7, 11) is -2.28. The zero-order valence-electron chi connectivity index (χ0n) is 13.3. The standard InChI is InChI=1S/C14H21N3O4S.ClH/c1-9-7-17(8-10(2)16-9)22(19,20)11-4-5-13(21-3)12(6-11)14(15)18;/h4-6,9-10,16H,7-8H2,1-3H3,(H2,15,18);1H. The summed E-state index contributed by atoms with van der Waals surface area (Å²) in [5.74, 6) is -0.468. The van der Waals surface area contributed by atoms with Gasteiger partial charge in [0.15, 0.2) is 0 Å². The topological polar surface area (TPSA) is 102 Å². The Bertz CT molecular complexity index is 671. The lowest BCUT2D eigenvalue weighted by atomic mass is 10.2. The van der Waals surface area contributed by atoms with Gasteiger partial charge in [0, 0.05) is 25.2 Å². The molecule has 0 bridgehead atoms. The Morgan fingerprint density at radius 1 is 1.30 bits per heavy atom. The van der Waals surface area contributed by atoms with Gasteiger partial charge in [-0.05, 0) is 32.0 Å². The summed E-state index contributed by atoms with van der Waals surface area (Å²) in [6, 6.07) is 4.27. The molecule has 0 spiro atoms. The molecule has 130 valence electrons. The smallest absolute Gasteiger partial charge is 0.252 e. The number of carbonyl (C=O) groups is 1. The Morgan fingerprint density at radius 3 is 2.35 bits per heavy atom. The van der Waals surface area contributed by atoms with Crippen molar-refractivity contribution in [3.05, 3.63) is 23.8 Å². The molecule has 0 saturated carbocycles. The van der Waals surface area contributed by atoms with Crippen LogP contribution in [0.25, 0.3) is 0 Å². The van der Waals surface area contributed by atoms with E-state index in [0.717, 1.165) is 0 Å². The molecule has 2 unspecified atom stereocenters. The fourth-order valence-electron chi connectivity index (χ4n) is 2.66. The predicted octanol–water partition coefficient (Wildman–Crippen LogP) is 0.587. The van der Waals surface area contributed by atoms with E-state index >= 15 is 0 Å². The van der Waals surface area contributed by atoms with Crippen LogP contribution in [-0.4, -0.2) is 50.9 Å². The van der Waals surface area contributed by atoms with Crippen molar-refractivity contribution in [2.75, 3.05) is 20.2 Å². The van der Waals surface area contributed by atoms with Gasteiger partial charge in [0.25, 0.3) is 5.91 Å². The molecule has 0 aliphatic carbocycles. The largest absolute Gasteiger partial charge is 0.496 e. The Hall–Kier alpha value is -1.35. The van der Waals surface area contributed by atoms with E-state index < -0.39 is 15.9 Å². The Balaban J connectivity index is 0.00000264.